The van der Waals surface area contributed by atoms with Gasteiger partial charge in [-0.15, -0.1) is 12.4 Å². The van der Waals surface area contributed by atoms with E-state index in [9.17, 15) is 4.79 Å². The predicted octanol–water partition coefficient (Wildman–Crippen LogP) is 4.43. The van der Waals surface area contributed by atoms with Crippen LogP contribution in [0.15, 0.2) is 18.2 Å². The summed E-state index contributed by atoms with van der Waals surface area (Å²) in [6.07, 6.45) is 2.97. The van der Waals surface area contributed by atoms with Gasteiger partial charge in [-0.3, -0.25) is 4.79 Å². The van der Waals surface area contributed by atoms with Gasteiger partial charge < -0.3 is 0 Å². The average molecular weight is 280 g/mol. The standard InChI is InChI=1S/C12H12Cl2O.ClH/c1-8(15)12(5-2-6-12)9-3-4-10(13)11(14)7-9;/h3-4,7H,2,5-6H2,1H3;1H. The van der Waals surface area contributed by atoms with E-state index in [0.717, 1.165) is 24.8 Å². The first-order chi connectivity index (χ1) is 7.06. The van der Waals surface area contributed by atoms with Crippen LogP contribution in [-0.2, 0) is 10.2 Å². The molecule has 1 aliphatic rings. The van der Waals surface area contributed by atoms with Gasteiger partial charge in [0.2, 0.25) is 0 Å². The Hall–Kier alpha value is -0.240. The highest BCUT2D eigenvalue weighted by Gasteiger charge is 2.43. The molecule has 1 aromatic rings. The predicted molar refractivity (Wildman–Crippen MR) is 69.9 cm³/mol. The molecule has 2 rings (SSSR count). The van der Waals surface area contributed by atoms with Crippen molar-refractivity contribution >= 4 is 41.4 Å². The second-order valence-corrected chi connectivity index (χ2v) is 4.94. The van der Waals surface area contributed by atoms with Crippen LogP contribution < -0.4 is 0 Å². The Kier molecular flexibility index (Phi) is 4.28. The monoisotopic (exact) mass is 278 g/mol. The largest absolute Gasteiger partial charge is 0.299 e. The highest BCUT2D eigenvalue weighted by molar-refractivity contribution is 6.42. The van der Waals surface area contributed by atoms with Gasteiger partial charge in [-0.1, -0.05) is 35.7 Å². The van der Waals surface area contributed by atoms with Gasteiger partial charge in [0.25, 0.3) is 0 Å². The van der Waals surface area contributed by atoms with E-state index in [1.807, 2.05) is 12.1 Å². The Morgan fingerprint density at radius 3 is 2.25 bits per heavy atom. The molecule has 0 atom stereocenters. The topological polar surface area (TPSA) is 17.1 Å². The molecule has 1 aromatic carbocycles. The maximum Gasteiger partial charge on any atom is 0.140 e. The second-order valence-electron chi connectivity index (χ2n) is 4.12. The number of ketones is 1. The zero-order chi connectivity index (χ0) is 11.1. The van der Waals surface area contributed by atoms with E-state index in [1.165, 1.54) is 0 Å². The van der Waals surface area contributed by atoms with Gasteiger partial charge in [-0.25, -0.2) is 0 Å². The molecule has 1 saturated carbocycles. The molecule has 0 aliphatic heterocycles. The van der Waals surface area contributed by atoms with E-state index in [4.69, 9.17) is 23.2 Å². The number of halogens is 3. The van der Waals surface area contributed by atoms with Crippen molar-refractivity contribution in [3.63, 3.8) is 0 Å². The quantitative estimate of drug-likeness (QED) is 0.783. The average Bonchev–Trinajstić information content (AvgIpc) is 2.08. The first-order valence-electron chi connectivity index (χ1n) is 5.03. The minimum atomic E-state index is -0.284. The van der Waals surface area contributed by atoms with Crippen LogP contribution in [0.2, 0.25) is 10.0 Å². The Morgan fingerprint density at radius 1 is 1.25 bits per heavy atom. The first kappa shape index (κ1) is 13.8. The number of hydrogen-bond donors (Lipinski definition) is 0. The van der Waals surface area contributed by atoms with Gasteiger partial charge in [-0.05, 0) is 37.5 Å². The number of Topliss-reactive ketones (excluding diaryl/α,β-unsaturated/α-hetero) is 1. The fraction of sp³-hybridized carbons (Fsp3) is 0.417. The molecule has 4 heteroatoms. The minimum absolute atomic E-state index is 0. The summed E-state index contributed by atoms with van der Waals surface area (Å²) in [5, 5.41) is 1.07. The third-order valence-corrected chi connectivity index (χ3v) is 4.09. The van der Waals surface area contributed by atoms with Gasteiger partial charge in [0.1, 0.15) is 5.78 Å². The third-order valence-electron chi connectivity index (χ3n) is 3.35. The molecule has 1 aliphatic carbocycles. The van der Waals surface area contributed by atoms with E-state index in [2.05, 4.69) is 0 Å². The lowest BCUT2D eigenvalue weighted by Gasteiger charge is -2.40. The molecule has 0 aromatic heterocycles. The number of carbonyl (C=O) groups is 1. The summed E-state index contributed by atoms with van der Waals surface area (Å²) in [5.41, 5.74) is 0.726. The molecule has 0 amide bonds. The van der Waals surface area contributed by atoms with Gasteiger partial charge in [0.05, 0.1) is 15.5 Å². The fourth-order valence-corrected chi connectivity index (χ4v) is 2.47. The van der Waals surface area contributed by atoms with Crippen LogP contribution in [0.4, 0.5) is 0 Å². The summed E-state index contributed by atoms with van der Waals surface area (Å²) in [7, 11) is 0. The Morgan fingerprint density at radius 2 is 1.88 bits per heavy atom. The van der Waals surface area contributed by atoms with Crippen molar-refractivity contribution in [3.05, 3.63) is 33.8 Å². The lowest BCUT2D eigenvalue weighted by atomic mass is 9.62. The fourth-order valence-electron chi connectivity index (χ4n) is 2.17. The van der Waals surface area contributed by atoms with E-state index in [-0.39, 0.29) is 23.6 Å². The summed E-state index contributed by atoms with van der Waals surface area (Å²) in [6.45, 7) is 1.65. The van der Waals surface area contributed by atoms with Crippen LogP contribution in [0, 0.1) is 0 Å². The van der Waals surface area contributed by atoms with Gasteiger partial charge in [0.15, 0.2) is 0 Å². The first-order valence-corrected chi connectivity index (χ1v) is 5.78. The van der Waals surface area contributed by atoms with E-state index in [1.54, 1.807) is 13.0 Å². The van der Waals surface area contributed by atoms with E-state index >= 15 is 0 Å². The smallest absolute Gasteiger partial charge is 0.140 e. The Bertz CT molecular complexity index is 411. The highest BCUT2D eigenvalue weighted by atomic mass is 35.5. The SMILES string of the molecule is CC(=O)C1(c2ccc(Cl)c(Cl)c2)CCC1.Cl. The van der Waals surface area contributed by atoms with Crippen molar-refractivity contribution in [3.8, 4) is 0 Å². The van der Waals surface area contributed by atoms with Crippen LogP contribution in [0.5, 0.6) is 0 Å². The summed E-state index contributed by atoms with van der Waals surface area (Å²) >= 11 is 11.8. The molecule has 0 N–H and O–H groups in total. The molecule has 1 nitrogen and oxygen atoms in total. The molecular formula is C12H13Cl3O. The van der Waals surface area contributed by atoms with Crippen LogP contribution in [0.1, 0.15) is 31.7 Å². The van der Waals surface area contributed by atoms with Crippen LogP contribution in [-0.4, -0.2) is 5.78 Å². The van der Waals surface area contributed by atoms with Gasteiger partial charge >= 0.3 is 0 Å². The van der Waals surface area contributed by atoms with Crippen LogP contribution in [0.3, 0.4) is 0 Å². The minimum Gasteiger partial charge on any atom is -0.299 e. The summed E-state index contributed by atoms with van der Waals surface area (Å²) in [6, 6.07) is 5.50. The number of carbonyl (C=O) groups excluding carboxylic acids is 1. The zero-order valence-electron chi connectivity index (χ0n) is 8.93. The summed E-state index contributed by atoms with van der Waals surface area (Å²) < 4.78 is 0. The van der Waals surface area contributed by atoms with Gasteiger partial charge in [-0.2, -0.15) is 0 Å². The molecular weight excluding hydrogens is 266 g/mol. The molecule has 16 heavy (non-hydrogen) atoms. The lowest BCUT2D eigenvalue weighted by molar-refractivity contribution is -0.125. The molecule has 0 unspecified atom stereocenters. The van der Waals surface area contributed by atoms with E-state index in [0.29, 0.717) is 10.0 Å². The summed E-state index contributed by atoms with van der Waals surface area (Å²) in [5.74, 6) is 0.229. The maximum atomic E-state index is 11.7. The molecule has 88 valence electrons. The van der Waals surface area contributed by atoms with Crippen molar-refractivity contribution in [1.82, 2.24) is 0 Å². The second kappa shape index (κ2) is 4.95. The Balaban J connectivity index is 0.00000128. The molecule has 0 spiro atoms. The van der Waals surface area contributed by atoms with E-state index < -0.39 is 0 Å². The van der Waals surface area contributed by atoms with Gasteiger partial charge in [0, 0.05) is 0 Å². The summed E-state index contributed by atoms with van der Waals surface area (Å²) in [4.78, 5) is 11.7. The number of hydrogen-bond acceptors (Lipinski definition) is 1. The van der Waals surface area contributed by atoms with Crippen molar-refractivity contribution < 1.29 is 4.79 Å². The van der Waals surface area contributed by atoms with Crippen molar-refractivity contribution in [1.29, 1.82) is 0 Å². The van der Waals surface area contributed by atoms with Crippen molar-refractivity contribution in [2.45, 2.75) is 31.6 Å². The zero-order valence-corrected chi connectivity index (χ0v) is 11.3. The molecule has 0 bridgehead atoms. The molecule has 0 radical (unpaired) electrons. The third kappa shape index (κ3) is 2.09. The normalized spacial score (nSPS) is 17.2. The molecule has 1 fully saturated rings. The van der Waals surface area contributed by atoms with Crippen molar-refractivity contribution in [2.24, 2.45) is 0 Å². The lowest BCUT2D eigenvalue weighted by Crippen LogP contribution is -2.40. The number of rotatable bonds is 2. The van der Waals surface area contributed by atoms with Crippen LogP contribution in [0.25, 0.3) is 0 Å². The maximum absolute atomic E-state index is 11.7. The Labute approximate surface area is 112 Å². The van der Waals surface area contributed by atoms with Crippen molar-refractivity contribution in [2.75, 3.05) is 0 Å². The number of benzene rings is 1. The molecule has 0 heterocycles. The van der Waals surface area contributed by atoms with Crippen LogP contribution >= 0.6 is 35.6 Å². The molecule has 0 saturated heterocycles. The highest BCUT2D eigenvalue weighted by Crippen LogP contribution is 2.45.